The Morgan fingerprint density at radius 1 is 1.12 bits per heavy atom. The van der Waals surface area contributed by atoms with Gasteiger partial charge in [0.05, 0.1) is 18.2 Å². The summed E-state index contributed by atoms with van der Waals surface area (Å²) in [6, 6.07) is 15.0. The number of aliphatic hydroxyl groups is 1. The normalized spacial score (nSPS) is 19.2. The fourth-order valence-electron chi connectivity index (χ4n) is 3.05. The third-order valence-corrected chi connectivity index (χ3v) is 4.56. The number of carbonyl (C=O) groups is 2. The van der Waals surface area contributed by atoms with Crippen LogP contribution >= 0.6 is 11.6 Å². The summed E-state index contributed by atoms with van der Waals surface area (Å²) in [5, 5.41) is 11.3. The number of amides is 1. The van der Waals surface area contributed by atoms with Crippen molar-refractivity contribution in [3.8, 4) is 0 Å². The molecule has 1 aliphatic heterocycles. The van der Waals surface area contributed by atoms with E-state index in [4.69, 9.17) is 16.3 Å². The Bertz CT molecular complexity index is 846. The molecule has 1 atom stereocenters. The molecular weight excluding hydrogens is 354 g/mol. The first-order chi connectivity index (χ1) is 12.5. The number of ketones is 1. The predicted molar refractivity (Wildman–Crippen MR) is 98.8 cm³/mol. The molecule has 1 heterocycles. The molecule has 2 aromatic rings. The summed E-state index contributed by atoms with van der Waals surface area (Å²) >= 11 is 5.89. The van der Waals surface area contributed by atoms with Crippen molar-refractivity contribution in [3.05, 3.63) is 76.3 Å². The number of likely N-dealkylation sites (tertiary alicyclic amines) is 1. The third-order valence-electron chi connectivity index (χ3n) is 4.31. The fraction of sp³-hybridized carbons (Fsp3) is 0.200. The van der Waals surface area contributed by atoms with Crippen LogP contribution in [0, 0.1) is 0 Å². The van der Waals surface area contributed by atoms with Gasteiger partial charge in [0.15, 0.2) is 0 Å². The summed E-state index contributed by atoms with van der Waals surface area (Å²) in [7, 11) is 1.53. The molecule has 1 aliphatic rings. The van der Waals surface area contributed by atoms with E-state index in [-0.39, 0.29) is 24.5 Å². The summed E-state index contributed by atoms with van der Waals surface area (Å²) in [5.74, 6) is -1.57. The van der Waals surface area contributed by atoms with Gasteiger partial charge in [0.2, 0.25) is 0 Å². The average Bonchev–Trinajstić information content (AvgIpc) is 2.91. The van der Waals surface area contributed by atoms with Crippen LogP contribution in [0.1, 0.15) is 17.2 Å². The van der Waals surface area contributed by atoms with E-state index < -0.39 is 17.7 Å². The molecule has 0 aliphatic carbocycles. The monoisotopic (exact) mass is 371 g/mol. The smallest absolute Gasteiger partial charge is 0.295 e. The number of rotatable bonds is 5. The predicted octanol–water partition coefficient (Wildman–Crippen LogP) is 3.41. The minimum Gasteiger partial charge on any atom is -0.507 e. The molecule has 5 nitrogen and oxygen atoms in total. The van der Waals surface area contributed by atoms with E-state index >= 15 is 0 Å². The largest absolute Gasteiger partial charge is 0.507 e. The highest BCUT2D eigenvalue weighted by Crippen LogP contribution is 2.39. The van der Waals surface area contributed by atoms with Crippen molar-refractivity contribution < 1.29 is 19.4 Å². The van der Waals surface area contributed by atoms with Crippen molar-refractivity contribution in [3.63, 3.8) is 0 Å². The van der Waals surface area contributed by atoms with E-state index in [0.717, 1.165) is 5.56 Å². The molecule has 134 valence electrons. The number of Topliss-reactive ketones (excluding diaryl/α,β-unsaturated/α-hetero) is 1. The molecule has 26 heavy (non-hydrogen) atoms. The Morgan fingerprint density at radius 2 is 1.77 bits per heavy atom. The number of carbonyl (C=O) groups excluding carboxylic acids is 2. The highest BCUT2D eigenvalue weighted by atomic mass is 35.5. The first kappa shape index (κ1) is 18.2. The number of nitrogens with zero attached hydrogens (tertiary/aromatic N) is 1. The van der Waals surface area contributed by atoms with Crippen LogP contribution < -0.4 is 0 Å². The van der Waals surface area contributed by atoms with Crippen molar-refractivity contribution in [2.24, 2.45) is 0 Å². The lowest BCUT2D eigenvalue weighted by Gasteiger charge is -2.25. The number of aliphatic hydroxyl groups excluding tert-OH is 1. The minimum atomic E-state index is -0.706. The van der Waals surface area contributed by atoms with Crippen molar-refractivity contribution >= 4 is 29.1 Å². The Labute approximate surface area is 156 Å². The zero-order chi connectivity index (χ0) is 18.7. The first-order valence-corrected chi connectivity index (χ1v) is 8.50. The molecule has 0 saturated carbocycles. The second-order valence-electron chi connectivity index (χ2n) is 5.90. The number of halogens is 1. The van der Waals surface area contributed by atoms with Crippen LogP contribution in [0.2, 0.25) is 5.02 Å². The number of hydrogen-bond donors (Lipinski definition) is 1. The Morgan fingerprint density at radius 3 is 2.38 bits per heavy atom. The van der Waals surface area contributed by atoms with Crippen molar-refractivity contribution in [2.75, 3.05) is 20.3 Å². The van der Waals surface area contributed by atoms with Gasteiger partial charge >= 0.3 is 0 Å². The zero-order valence-electron chi connectivity index (χ0n) is 14.2. The molecule has 0 radical (unpaired) electrons. The molecule has 1 saturated heterocycles. The van der Waals surface area contributed by atoms with Gasteiger partial charge in [-0.2, -0.15) is 0 Å². The summed E-state index contributed by atoms with van der Waals surface area (Å²) in [6.45, 7) is 0.537. The van der Waals surface area contributed by atoms with Crippen LogP contribution in [0.15, 0.2) is 60.2 Å². The second-order valence-corrected chi connectivity index (χ2v) is 6.34. The SMILES string of the molecule is COCCN1C(=O)C(=O)/C(=C(/O)c2ccc(Cl)cc2)C1c1ccccc1. The van der Waals surface area contributed by atoms with Crippen molar-refractivity contribution in [1.82, 2.24) is 4.90 Å². The topological polar surface area (TPSA) is 66.8 Å². The molecule has 0 spiro atoms. The summed E-state index contributed by atoms with van der Waals surface area (Å²) in [5.41, 5.74) is 1.25. The number of hydrogen-bond acceptors (Lipinski definition) is 4. The van der Waals surface area contributed by atoms with Gasteiger partial charge in [-0.05, 0) is 29.8 Å². The number of ether oxygens (including phenoxy) is 1. The molecule has 1 unspecified atom stereocenters. The van der Waals surface area contributed by atoms with Gasteiger partial charge in [0, 0.05) is 24.2 Å². The Kier molecular flexibility index (Phi) is 5.40. The van der Waals surface area contributed by atoms with Gasteiger partial charge in [-0.15, -0.1) is 0 Å². The van der Waals surface area contributed by atoms with Gasteiger partial charge < -0.3 is 14.7 Å². The minimum absolute atomic E-state index is 0.0691. The lowest BCUT2D eigenvalue weighted by molar-refractivity contribution is -0.140. The van der Waals surface area contributed by atoms with Crippen molar-refractivity contribution in [1.29, 1.82) is 0 Å². The van der Waals surface area contributed by atoms with Gasteiger partial charge in [0.25, 0.3) is 11.7 Å². The maximum atomic E-state index is 12.7. The molecule has 6 heteroatoms. The van der Waals surface area contributed by atoms with Crippen LogP contribution in [0.4, 0.5) is 0 Å². The van der Waals surface area contributed by atoms with E-state index in [1.54, 1.807) is 24.3 Å². The van der Waals surface area contributed by atoms with Crippen LogP contribution in [0.5, 0.6) is 0 Å². The Hall–Kier alpha value is -2.63. The van der Waals surface area contributed by atoms with Crippen LogP contribution in [0.25, 0.3) is 5.76 Å². The molecular formula is C20H18ClNO4. The quantitative estimate of drug-likeness (QED) is 0.497. The fourth-order valence-corrected chi connectivity index (χ4v) is 3.17. The summed E-state index contributed by atoms with van der Waals surface area (Å²) in [4.78, 5) is 26.7. The van der Waals surface area contributed by atoms with Gasteiger partial charge in [-0.3, -0.25) is 9.59 Å². The molecule has 0 bridgehead atoms. The number of benzene rings is 2. The lowest BCUT2D eigenvalue weighted by Crippen LogP contribution is -2.32. The van der Waals surface area contributed by atoms with Crippen LogP contribution in [-0.4, -0.2) is 42.0 Å². The van der Waals surface area contributed by atoms with E-state index in [1.165, 1.54) is 12.0 Å². The molecule has 2 aromatic carbocycles. The third kappa shape index (κ3) is 3.36. The number of methoxy groups -OCH3 is 1. The zero-order valence-corrected chi connectivity index (χ0v) is 14.9. The average molecular weight is 372 g/mol. The summed E-state index contributed by atoms with van der Waals surface area (Å²) in [6.07, 6.45) is 0. The van der Waals surface area contributed by atoms with Gasteiger partial charge in [-0.1, -0.05) is 41.9 Å². The maximum Gasteiger partial charge on any atom is 0.295 e. The van der Waals surface area contributed by atoms with Gasteiger partial charge in [0.1, 0.15) is 5.76 Å². The molecule has 1 N–H and O–H groups in total. The second kappa shape index (κ2) is 7.72. The van der Waals surface area contributed by atoms with Crippen LogP contribution in [0.3, 0.4) is 0 Å². The molecule has 3 rings (SSSR count). The highest BCUT2D eigenvalue weighted by Gasteiger charge is 2.45. The maximum absolute atomic E-state index is 12.7. The van der Waals surface area contributed by atoms with E-state index in [2.05, 4.69) is 0 Å². The first-order valence-electron chi connectivity index (χ1n) is 8.13. The van der Waals surface area contributed by atoms with E-state index in [0.29, 0.717) is 10.6 Å². The highest BCUT2D eigenvalue weighted by molar-refractivity contribution is 6.46. The van der Waals surface area contributed by atoms with E-state index in [1.807, 2.05) is 30.3 Å². The molecule has 0 aromatic heterocycles. The molecule has 1 amide bonds. The van der Waals surface area contributed by atoms with Gasteiger partial charge in [-0.25, -0.2) is 0 Å². The van der Waals surface area contributed by atoms with Crippen molar-refractivity contribution in [2.45, 2.75) is 6.04 Å². The Balaban J connectivity index is 2.14. The standard InChI is InChI=1S/C20H18ClNO4/c1-26-12-11-22-17(13-5-3-2-4-6-13)16(19(24)20(22)25)18(23)14-7-9-15(21)10-8-14/h2-10,17,23H,11-12H2,1H3/b18-16+. The van der Waals surface area contributed by atoms with Crippen LogP contribution in [-0.2, 0) is 14.3 Å². The lowest BCUT2D eigenvalue weighted by atomic mass is 9.95. The van der Waals surface area contributed by atoms with E-state index in [9.17, 15) is 14.7 Å². The molecule has 1 fully saturated rings. The summed E-state index contributed by atoms with van der Waals surface area (Å²) < 4.78 is 5.07.